The first-order chi connectivity index (χ1) is 8.98. The summed E-state index contributed by atoms with van der Waals surface area (Å²) in [5, 5.41) is 11.3. The maximum absolute atomic E-state index is 11.6. The minimum atomic E-state index is -3.64. The second-order valence-electron chi connectivity index (χ2n) is 3.56. The van der Waals surface area contributed by atoms with Crippen molar-refractivity contribution in [3.05, 3.63) is 29.8 Å². The Morgan fingerprint density at radius 2 is 2.05 bits per heavy atom. The van der Waals surface area contributed by atoms with Gasteiger partial charge in [0.05, 0.1) is 6.61 Å². The molecule has 0 radical (unpaired) electrons. The summed E-state index contributed by atoms with van der Waals surface area (Å²) in [5.41, 5.74) is 6.23. The van der Waals surface area contributed by atoms with E-state index in [0.717, 1.165) is 0 Å². The van der Waals surface area contributed by atoms with Crippen LogP contribution in [0.5, 0.6) is 0 Å². The number of anilines is 1. The molecule has 0 aliphatic heterocycles. The predicted octanol–water partition coefficient (Wildman–Crippen LogP) is -0.326. The lowest BCUT2D eigenvalue weighted by molar-refractivity contribution is 0.204. The number of benzene rings is 1. The van der Waals surface area contributed by atoms with Crippen molar-refractivity contribution in [2.75, 3.05) is 25.0 Å². The van der Waals surface area contributed by atoms with Crippen LogP contribution in [-0.2, 0) is 14.9 Å². The molecule has 0 saturated carbocycles. The number of hydrogen-bond acceptors (Lipinski definition) is 5. The number of rotatable bonds is 7. The zero-order valence-electron chi connectivity index (χ0n) is 10.3. The number of amidine groups is 1. The Kier molecular flexibility index (Phi) is 5.55. The fourth-order valence-electron chi connectivity index (χ4n) is 1.24. The zero-order chi connectivity index (χ0) is 14.3. The molecule has 5 N–H and O–H groups in total. The first kappa shape index (κ1) is 15.2. The van der Waals surface area contributed by atoms with Crippen LogP contribution in [0.15, 0.2) is 29.4 Å². The molecule has 106 valence electrons. The number of ether oxygens (including phenoxy) is 1. The van der Waals surface area contributed by atoms with Gasteiger partial charge in [-0.15, -0.1) is 0 Å². The van der Waals surface area contributed by atoms with E-state index in [-0.39, 0.29) is 19.0 Å². The summed E-state index contributed by atoms with van der Waals surface area (Å²) in [4.78, 5) is 0. The number of nitrogens with one attached hydrogen (secondary N) is 2. The van der Waals surface area contributed by atoms with Gasteiger partial charge in [0.2, 0.25) is 0 Å². The normalized spacial score (nSPS) is 12.4. The number of oxime groups is 1. The van der Waals surface area contributed by atoms with Crippen molar-refractivity contribution in [3.8, 4) is 0 Å². The topological polar surface area (TPSA) is 126 Å². The lowest BCUT2D eigenvalue weighted by Crippen LogP contribution is -2.32. The van der Waals surface area contributed by atoms with Gasteiger partial charge in [-0.25, -0.2) is 0 Å². The van der Waals surface area contributed by atoms with Gasteiger partial charge in [0.25, 0.3) is 10.2 Å². The van der Waals surface area contributed by atoms with Gasteiger partial charge >= 0.3 is 0 Å². The monoisotopic (exact) mass is 288 g/mol. The highest BCUT2D eigenvalue weighted by atomic mass is 32.2. The van der Waals surface area contributed by atoms with Crippen LogP contribution in [-0.4, -0.2) is 39.7 Å². The lowest BCUT2D eigenvalue weighted by atomic mass is 10.2. The predicted molar refractivity (Wildman–Crippen MR) is 71.4 cm³/mol. The van der Waals surface area contributed by atoms with Gasteiger partial charge in [0.1, 0.15) is 0 Å². The minimum Gasteiger partial charge on any atom is -0.409 e. The average molecular weight is 288 g/mol. The molecule has 0 fully saturated rings. The molecule has 1 aromatic carbocycles. The molecule has 8 nitrogen and oxygen atoms in total. The minimum absolute atomic E-state index is 0.0485. The van der Waals surface area contributed by atoms with Crippen LogP contribution in [0.3, 0.4) is 0 Å². The SMILES string of the molecule is COCCNS(=O)(=O)Nc1ccc(/C(N)=N/O)cc1. The van der Waals surface area contributed by atoms with Crippen LogP contribution in [0.2, 0.25) is 0 Å². The molecule has 0 aromatic heterocycles. The van der Waals surface area contributed by atoms with Gasteiger partial charge < -0.3 is 15.7 Å². The Hall–Kier alpha value is -1.84. The highest BCUT2D eigenvalue weighted by Gasteiger charge is 2.09. The molecule has 1 rings (SSSR count). The third-order valence-electron chi connectivity index (χ3n) is 2.14. The largest absolute Gasteiger partial charge is 0.409 e. The maximum Gasteiger partial charge on any atom is 0.299 e. The smallest absolute Gasteiger partial charge is 0.299 e. The second-order valence-corrected chi connectivity index (χ2v) is 5.05. The summed E-state index contributed by atoms with van der Waals surface area (Å²) in [5.74, 6) is -0.0485. The van der Waals surface area contributed by atoms with E-state index in [2.05, 4.69) is 14.6 Å². The molecule has 0 spiro atoms. The van der Waals surface area contributed by atoms with Gasteiger partial charge in [-0.2, -0.15) is 13.1 Å². The number of methoxy groups -OCH3 is 1. The van der Waals surface area contributed by atoms with E-state index in [1.807, 2.05) is 0 Å². The van der Waals surface area contributed by atoms with Crippen LogP contribution < -0.4 is 15.2 Å². The Morgan fingerprint density at radius 1 is 1.42 bits per heavy atom. The van der Waals surface area contributed by atoms with Crippen molar-refractivity contribution in [1.29, 1.82) is 0 Å². The van der Waals surface area contributed by atoms with E-state index in [0.29, 0.717) is 11.3 Å². The Labute approximate surface area is 111 Å². The van der Waals surface area contributed by atoms with Crippen molar-refractivity contribution >= 4 is 21.7 Å². The fourth-order valence-corrected chi connectivity index (χ4v) is 2.11. The first-order valence-electron chi connectivity index (χ1n) is 5.33. The number of nitrogens with two attached hydrogens (primary N) is 1. The van der Waals surface area contributed by atoms with E-state index in [1.54, 1.807) is 0 Å². The molecule has 0 aliphatic carbocycles. The summed E-state index contributed by atoms with van der Waals surface area (Å²) in [6.07, 6.45) is 0. The van der Waals surface area contributed by atoms with Crippen molar-refractivity contribution in [3.63, 3.8) is 0 Å². The third kappa shape index (κ3) is 5.12. The number of hydrogen-bond donors (Lipinski definition) is 4. The molecular formula is C10H16N4O4S. The van der Waals surface area contributed by atoms with E-state index >= 15 is 0 Å². The van der Waals surface area contributed by atoms with Crippen molar-refractivity contribution in [2.24, 2.45) is 10.9 Å². The Balaban J connectivity index is 2.67. The van der Waals surface area contributed by atoms with Gasteiger partial charge in [0.15, 0.2) is 5.84 Å². The molecule has 0 atom stereocenters. The third-order valence-corrected chi connectivity index (χ3v) is 3.23. The molecule has 0 bridgehead atoms. The zero-order valence-corrected chi connectivity index (χ0v) is 11.1. The molecule has 0 aliphatic rings. The van der Waals surface area contributed by atoms with E-state index in [4.69, 9.17) is 15.7 Å². The van der Waals surface area contributed by atoms with Crippen LogP contribution in [0, 0.1) is 0 Å². The van der Waals surface area contributed by atoms with E-state index < -0.39 is 10.2 Å². The highest BCUT2D eigenvalue weighted by molar-refractivity contribution is 7.90. The summed E-state index contributed by atoms with van der Waals surface area (Å²) < 4.78 is 32.5. The lowest BCUT2D eigenvalue weighted by Gasteiger charge is -2.09. The van der Waals surface area contributed by atoms with Crippen LogP contribution in [0.25, 0.3) is 0 Å². The van der Waals surface area contributed by atoms with Gasteiger partial charge in [-0.3, -0.25) is 4.72 Å². The fraction of sp³-hybridized carbons (Fsp3) is 0.300. The summed E-state index contributed by atoms with van der Waals surface area (Å²) >= 11 is 0. The van der Waals surface area contributed by atoms with Gasteiger partial charge in [-0.05, 0) is 24.3 Å². The maximum atomic E-state index is 11.6. The summed E-state index contributed by atoms with van der Waals surface area (Å²) in [6.45, 7) is 0.456. The Morgan fingerprint density at radius 3 is 2.58 bits per heavy atom. The quantitative estimate of drug-likeness (QED) is 0.180. The average Bonchev–Trinajstić information content (AvgIpc) is 2.38. The highest BCUT2D eigenvalue weighted by Crippen LogP contribution is 2.10. The molecule has 19 heavy (non-hydrogen) atoms. The molecular weight excluding hydrogens is 272 g/mol. The van der Waals surface area contributed by atoms with Crippen molar-refractivity contribution < 1.29 is 18.4 Å². The van der Waals surface area contributed by atoms with E-state index in [1.165, 1.54) is 31.4 Å². The molecule has 0 saturated heterocycles. The molecule has 9 heteroatoms. The first-order valence-corrected chi connectivity index (χ1v) is 6.81. The molecule has 1 aromatic rings. The van der Waals surface area contributed by atoms with Gasteiger partial charge in [-0.1, -0.05) is 5.16 Å². The van der Waals surface area contributed by atoms with E-state index in [9.17, 15) is 8.42 Å². The van der Waals surface area contributed by atoms with Crippen LogP contribution >= 0.6 is 0 Å². The van der Waals surface area contributed by atoms with Crippen molar-refractivity contribution in [2.45, 2.75) is 0 Å². The molecule has 0 unspecified atom stereocenters. The summed E-state index contributed by atoms with van der Waals surface area (Å²) in [7, 11) is -2.16. The number of nitrogens with zero attached hydrogens (tertiary/aromatic N) is 1. The van der Waals surface area contributed by atoms with Crippen molar-refractivity contribution in [1.82, 2.24) is 4.72 Å². The molecule has 0 amide bonds. The van der Waals surface area contributed by atoms with Gasteiger partial charge in [0, 0.05) is 24.9 Å². The molecule has 0 heterocycles. The standard InChI is InChI=1S/C10H16N4O4S/c1-18-7-6-12-19(16,17)14-9-4-2-8(3-5-9)10(11)13-15/h2-5,12,14-15H,6-7H2,1H3,(H2,11,13). The second kappa shape index (κ2) is 6.92. The van der Waals surface area contributed by atoms with Crippen LogP contribution in [0.1, 0.15) is 5.56 Å². The summed E-state index contributed by atoms with van der Waals surface area (Å²) in [6, 6.07) is 6.07. The Bertz CT molecular complexity index is 527. The van der Waals surface area contributed by atoms with Crippen LogP contribution in [0.4, 0.5) is 5.69 Å².